The second-order valence-corrected chi connectivity index (χ2v) is 10.1. The zero-order valence-electron chi connectivity index (χ0n) is 18.5. The summed E-state index contributed by atoms with van der Waals surface area (Å²) >= 11 is 1.61. The van der Waals surface area contributed by atoms with E-state index in [0.717, 1.165) is 65.4 Å². The molecule has 166 valence electrons. The molecule has 6 heteroatoms. The fourth-order valence-corrected chi connectivity index (χ4v) is 6.44. The average Bonchev–Trinajstić information content (AvgIpc) is 3.48. The van der Waals surface area contributed by atoms with Gasteiger partial charge >= 0.3 is 0 Å². The lowest BCUT2D eigenvalue weighted by Crippen LogP contribution is -2.40. The van der Waals surface area contributed by atoms with E-state index in [1.807, 2.05) is 28.8 Å². The van der Waals surface area contributed by atoms with Gasteiger partial charge in [0.1, 0.15) is 0 Å². The first-order chi connectivity index (χ1) is 16.2. The number of nitrogens with zero attached hydrogens (tertiary/aromatic N) is 4. The minimum atomic E-state index is -0.113. The lowest BCUT2D eigenvalue weighted by molar-refractivity contribution is 0.421. The second kappa shape index (κ2) is 8.03. The van der Waals surface area contributed by atoms with Gasteiger partial charge in [-0.15, -0.1) is 16.8 Å². The zero-order valence-corrected chi connectivity index (χ0v) is 19.4. The van der Waals surface area contributed by atoms with Crippen LogP contribution in [0.2, 0.25) is 0 Å². The Kier molecular flexibility index (Phi) is 4.98. The molecule has 33 heavy (non-hydrogen) atoms. The van der Waals surface area contributed by atoms with E-state index in [4.69, 9.17) is 0 Å². The van der Waals surface area contributed by atoms with E-state index in [0.29, 0.717) is 12.3 Å². The Hall–Kier alpha value is -3.12. The largest absolute Gasteiger partial charge is 0.272 e. The van der Waals surface area contributed by atoms with Gasteiger partial charge in [-0.05, 0) is 30.4 Å². The van der Waals surface area contributed by atoms with Crippen molar-refractivity contribution in [1.29, 1.82) is 0 Å². The van der Waals surface area contributed by atoms with Gasteiger partial charge in [0.2, 0.25) is 5.78 Å². The molecule has 0 saturated heterocycles. The number of fused-ring (bicyclic) bond motifs is 6. The molecule has 2 aliphatic carbocycles. The number of thioether (sulfide) groups is 1. The van der Waals surface area contributed by atoms with Crippen LogP contribution in [0.1, 0.15) is 42.4 Å². The molecule has 1 fully saturated rings. The molecule has 0 radical (unpaired) electrons. The molecule has 0 atom stereocenters. The molecular formula is C27H26N4OS. The third-order valence-electron chi connectivity index (χ3n) is 7.18. The first kappa shape index (κ1) is 20.5. The molecule has 0 aliphatic heterocycles. The van der Waals surface area contributed by atoms with Crippen molar-refractivity contribution in [1.82, 2.24) is 19.2 Å². The summed E-state index contributed by atoms with van der Waals surface area (Å²) in [6.07, 6.45) is 7.25. The molecule has 5 nitrogen and oxygen atoms in total. The van der Waals surface area contributed by atoms with Crippen LogP contribution in [0.15, 0.2) is 77.2 Å². The van der Waals surface area contributed by atoms with Gasteiger partial charge in [-0.2, -0.15) is 0 Å². The lowest BCUT2D eigenvalue weighted by atomic mass is 9.68. The van der Waals surface area contributed by atoms with Gasteiger partial charge in [0.05, 0.1) is 12.2 Å². The van der Waals surface area contributed by atoms with E-state index < -0.39 is 0 Å². The van der Waals surface area contributed by atoms with Gasteiger partial charge in [-0.1, -0.05) is 85.3 Å². The third kappa shape index (κ3) is 3.19. The topological polar surface area (TPSA) is 52.2 Å². The quantitative estimate of drug-likeness (QED) is 0.305. The number of hydrogen-bond acceptors (Lipinski definition) is 4. The molecule has 2 aliphatic rings. The number of aromatic nitrogens is 4. The highest BCUT2D eigenvalue weighted by Crippen LogP contribution is 2.50. The van der Waals surface area contributed by atoms with Crippen molar-refractivity contribution in [3.8, 4) is 11.3 Å². The molecule has 0 unspecified atom stereocenters. The van der Waals surface area contributed by atoms with Crippen LogP contribution in [-0.4, -0.2) is 24.9 Å². The first-order valence-electron chi connectivity index (χ1n) is 11.6. The highest BCUT2D eigenvalue weighted by Gasteiger charge is 2.45. The van der Waals surface area contributed by atoms with Crippen molar-refractivity contribution in [3.63, 3.8) is 0 Å². The van der Waals surface area contributed by atoms with Crippen LogP contribution >= 0.6 is 11.8 Å². The summed E-state index contributed by atoms with van der Waals surface area (Å²) in [5.74, 6) is 1.35. The molecule has 0 N–H and O–H groups in total. The summed E-state index contributed by atoms with van der Waals surface area (Å²) in [6, 6.07) is 18.7. The molecule has 2 heterocycles. The molecule has 4 aromatic rings. The van der Waals surface area contributed by atoms with Crippen molar-refractivity contribution < 1.29 is 0 Å². The molecular weight excluding hydrogens is 428 g/mol. The SMILES string of the molecule is C=CCSc1nnc2n(Cc3ccccc3)c(=O)c3c(n12)-c1ccccc1CC31CCCC1. The summed E-state index contributed by atoms with van der Waals surface area (Å²) in [5, 5.41) is 9.90. The minimum Gasteiger partial charge on any atom is -0.272 e. The van der Waals surface area contributed by atoms with Crippen molar-refractivity contribution in [2.75, 3.05) is 5.75 Å². The highest BCUT2D eigenvalue weighted by molar-refractivity contribution is 7.99. The molecule has 1 saturated carbocycles. The van der Waals surface area contributed by atoms with Crippen LogP contribution in [0.25, 0.3) is 17.0 Å². The maximum absolute atomic E-state index is 14.3. The number of rotatable bonds is 5. The van der Waals surface area contributed by atoms with Gasteiger partial charge in [-0.25, -0.2) is 0 Å². The number of hydrogen-bond donors (Lipinski definition) is 0. The third-order valence-corrected chi connectivity index (χ3v) is 8.11. The standard InChI is InChI=1S/C27H26N4OS/c1-2-16-33-26-29-28-25-30(18-19-10-4-3-5-11-19)24(32)22-23(31(25)26)21-13-7-6-12-20(21)17-27(22)14-8-9-15-27/h2-7,10-13H,1,8-9,14-18H2. The minimum absolute atomic E-state index is 0.0884. The lowest BCUT2D eigenvalue weighted by Gasteiger charge is -2.37. The van der Waals surface area contributed by atoms with Gasteiger partial charge in [0.15, 0.2) is 5.16 Å². The maximum atomic E-state index is 14.3. The Morgan fingerprint density at radius 2 is 1.79 bits per heavy atom. The Morgan fingerprint density at radius 3 is 2.58 bits per heavy atom. The van der Waals surface area contributed by atoms with Gasteiger partial charge in [0, 0.05) is 22.3 Å². The van der Waals surface area contributed by atoms with Crippen molar-refractivity contribution >= 4 is 17.5 Å². The molecule has 6 rings (SSSR count). The predicted molar refractivity (Wildman–Crippen MR) is 133 cm³/mol. The van der Waals surface area contributed by atoms with Gasteiger partial charge < -0.3 is 0 Å². The van der Waals surface area contributed by atoms with Crippen molar-refractivity contribution in [2.45, 2.75) is 49.2 Å². The normalized spacial score (nSPS) is 16.1. The Morgan fingerprint density at radius 1 is 1.03 bits per heavy atom. The Balaban J connectivity index is 1.71. The summed E-state index contributed by atoms with van der Waals surface area (Å²) in [4.78, 5) is 14.3. The molecule has 2 aromatic heterocycles. The monoisotopic (exact) mass is 454 g/mol. The van der Waals surface area contributed by atoms with E-state index in [1.54, 1.807) is 11.8 Å². The van der Waals surface area contributed by atoms with Gasteiger partial charge in [-0.3, -0.25) is 13.8 Å². The second-order valence-electron chi connectivity index (χ2n) is 9.14. The fraction of sp³-hybridized carbons (Fsp3) is 0.296. The Bertz CT molecular complexity index is 1410. The van der Waals surface area contributed by atoms with E-state index in [2.05, 4.69) is 57.6 Å². The maximum Gasteiger partial charge on any atom is 0.259 e. The van der Waals surface area contributed by atoms with Crippen LogP contribution in [0.5, 0.6) is 0 Å². The first-order valence-corrected chi connectivity index (χ1v) is 12.6. The molecule has 1 spiro atoms. The predicted octanol–water partition coefficient (Wildman–Crippen LogP) is 5.25. The summed E-state index contributed by atoms with van der Waals surface area (Å²) in [7, 11) is 0. The van der Waals surface area contributed by atoms with Crippen LogP contribution in [0.3, 0.4) is 0 Å². The summed E-state index contributed by atoms with van der Waals surface area (Å²) in [5.41, 5.74) is 5.48. The number of benzene rings is 2. The van der Waals surface area contributed by atoms with Crippen molar-refractivity contribution in [2.24, 2.45) is 0 Å². The van der Waals surface area contributed by atoms with E-state index in [-0.39, 0.29) is 11.0 Å². The highest BCUT2D eigenvalue weighted by atomic mass is 32.2. The fourth-order valence-electron chi connectivity index (χ4n) is 5.78. The van der Waals surface area contributed by atoms with Gasteiger partial charge in [0.25, 0.3) is 5.56 Å². The smallest absolute Gasteiger partial charge is 0.259 e. The van der Waals surface area contributed by atoms with Crippen LogP contribution in [0, 0.1) is 0 Å². The van der Waals surface area contributed by atoms with Crippen LogP contribution in [0.4, 0.5) is 0 Å². The van der Waals surface area contributed by atoms with E-state index in [9.17, 15) is 4.79 Å². The van der Waals surface area contributed by atoms with Crippen molar-refractivity contribution in [3.05, 3.63) is 94.3 Å². The zero-order chi connectivity index (χ0) is 22.4. The summed E-state index contributed by atoms with van der Waals surface area (Å²) < 4.78 is 3.99. The summed E-state index contributed by atoms with van der Waals surface area (Å²) in [6.45, 7) is 4.36. The average molecular weight is 455 g/mol. The van der Waals surface area contributed by atoms with E-state index >= 15 is 0 Å². The molecule has 0 amide bonds. The van der Waals surface area contributed by atoms with E-state index in [1.165, 1.54) is 5.56 Å². The molecule has 2 aromatic carbocycles. The van der Waals surface area contributed by atoms with Crippen LogP contribution in [-0.2, 0) is 18.4 Å². The Labute approximate surface area is 197 Å². The van der Waals surface area contributed by atoms with Crippen LogP contribution < -0.4 is 5.56 Å². The molecule has 0 bridgehead atoms.